The van der Waals surface area contributed by atoms with Crippen LogP contribution in [-0.2, 0) is 0 Å². The summed E-state index contributed by atoms with van der Waals surface area (Å²) >= 11 is 12.6. The van der Waals surface area contributed by atoms with Gasteiger partial charge in [0.05, 0.1) is 34.6 Å². The molecule has 1 aliphatic heterocycles. The molecule has 2 aliphatic rings. The number of rotatable bonds is 6. The number of nitrogens with one attached hydrogen (secondary N) is 1. The number of aryl methyl sites for hydroxylation is 1. The largest absolute Gasteiger partial charge is 0.490 e. The minimum atomic E-state index is -0.113. The van der Waals surface area contributed by atoms with Crippen molar-refractivity contribution in [1.82, 2.24) is 14.9 Å². The van der Waals surface area contributed by atoms with Crippen LogP contribution in [0, 0.1) is 13.8 Å². The summed E-state index contributed by atoms with van der Waals surface area (Å²) in [6.45, 7) is 4.27. The molecule has 0 spiro atoms. The van der Waals surface area contributed by atoms with Gasteiger partial charge in [-0.3, -0.25) is 4.98 Å². The average Bonchev–Trinajstić information content (AvgIpc) is 3.63. The second-order valence-corrected chi connectivity index (χ2v) is 10.9. The third kappa shape index (κ3) is 4.56. The number of ether oxygens (including phenoxy) is 1. The van der Waals surface area contributed by atoms with Gasteiger partial charge in [0.15, 0.2) is 5.11 Å². The Morgan fingerprint density at radius 3 is 2.42 bits per heavy atom. The number of nitrogens with zero attached hydrogens (tertiary/aromatic N) is 3. The Balaban J connectivity index is 1.42. The Bertz CT molecular complexity index is 1450. The SMILES string of the molecule is Cc1cc([C@H]2[C@@H](c3ccccn3)NC(=S)N2c2ccc(OC3CCCC3)cc2)c(C)n1-c1ccccc1Cl. The summed E-state index contributed by atoms with van der Waals surface area (Å²) in [4.78, 5) is 6.92. The molecule has 2 aromatic carbocycles. The van der Waals surface area contributed by atoms with Gasteiger partial charge in [0.1, 0.15) is 5.75 Å². The van der Waals surface area contributed by atoms with E-state index in [0.29, 0.717) is 11.2 Å². The normalized spacial score (nSPS) is 19.7. The van der Waals surface area contributed by atoms with Crippen molar-refractivity contribution in [2.75, 3.05) is 4.90 Å². The zero-order chi connectivity index (χ0) is 26.2. The molecule has 2 atom stereocenters. The van der Waals surface area contributed by atoms with Gasteiger partial charge in [0.2, 0.25) is 0 Å². The van der Waals surface area contributed by atoms with E-state index < -0.39 is 0 Å². The van der Waals surface area contributed by atoms with Gasteiger partial charge in [-0.05, 0) is 112 Å². The number of thiocarbonyl (C=S) groups is 1. The van der Waals surface area contributed by atoms with Crippen molar-refractivity contribution in [3.05, 3.63) is 107 Å². The molecular weight excluding hydrogens is 512 g/mol. The maximum Gasteiger partial charge on any atom is 0.174 e. The van der Waals surface area contributed by atoms with E-state index in [1.165, 1.54) is 18.4 Å². The molecule has 2 fully saturated rings. The van der Waals surface area contributed by atoms with Gasteiger partial charge in [0, 0.05) is 23.3 Å². The molecule has 1 N–H and O–H groups in total. The third-order valence-electron chi connectivity index (χ3n) is 7.70. The Morgan fingerprint density at radius 1 is 0.974 bits per heavy atom. The third-order valence-corrected chi connectivity index (χ3v) is 8.33. The van der Waals surface area contributed by atoms with E-state index in [0.717, 1.165) is 52.1 Å². The Morgan fingerprint density at radius 2 is 1.71 bits per heavy atom. The van der Waals surface area contributed by atoms with Crippen LogP contribution in [-0.4, -0.2) is 20.8 Å². The molecule has 1 saturated heterocycles. The highest BCUT2D eigenvalue weighted by Crippen LogP contribution is 2.44. The molecule has 194 valence electrons. The number of benzene rings is 2. The Hall–Kier alpha value is -3.35. The van der Waals surface area contributed by atoms with Crippen LogP contribution in [0.2, 0.25) is 5.02 Å². The van der Waals surface area contributed by atoms with Crippen molar-refractivity contribution < 1.29 is 4.74 Å². The van der Waals surface area contributed by atoms with Gasteiger partial charge in [-0.1, -0.05) is 29.8 Å². The van der Waals surface area contributed by atoms with E-state index in [1.54, 1.807) is 0 Å². The molecule has 0 amide bonds. The molecule has 0 unspecified atom stereocenters. The summed E-state index contributed by atoms with van der Waals surface area (Å²) in [5.41, 5.74) is 6.36. The van der Waals surface area contributed by atoms with E-state index in [-0.39, 0.29) is 12.1 Å². The van der Waals surface area contributed by atoms with Crippen LogP contribution < -0.4 is 15.0 Å². The molecule has 38 heavy (non-hydrogen) atoms. The highest BCUT2D eigenvalue weighted by atomic mass is 35.5. The minimum absolute atomic E-state index is 0.0959. The van der Waals surface area contributed by atoms with E-state index in [2.05, 4.69) is 71.1 Å². The lowest BCUT2D eigenvalue weighted by atomic mass is 9.96. The van der Waals surface area contributed by atoms with Crippen LogP contribution in [0.4, 0.5) is 5.69 Å². The molecule has 2 aromatic heterocycles. The highest BCUT2D eigenvalue weighted by Gasteiger charge is 2.42. The van der Waals surface area contributed by atoms with Crippen molar-refractivity contribution >= 4 is 34.6 Å². The van der Waals surface area contributed by atoms with Crippen molar-refractivity contribution in [2.45, 2.75) is 57.7 Å². The number of aromatic nitrogens is 2. The van der Waals surface area contributed by atoms with Gasteiger partial charge >= 0.3 is 0 Å². The quantitative estimate of drug-likeness (QED) is 0.253. The predicted octanol–water partition coefficient (Wildman–Crippen LogP) is 7.64. The first-order valence-electron chi connectivity index (χ1n) is 13.2. The minimum Gasteiger partial charge on any atom is -0.490 e. The van der Waals surface area contributed by atoms with Crippen molar-refractivity contribution in [3.8, 4) is 11.4 Å². The molecule has 7 heteroatoms. The van der Waals surface area contributed by atoms with Crippen LogP contribution in [0.1, 0.15) is 60.4 Å². The Kier molecular flexibility index (Phi) is 6.85. The van der Waals surface area contributed by atoms with Gasteiger partial charge in [0.25, 0.3) is 0 Å². The van der Waals surface area contributed by atoms with Crippen LogP contribution in [0.15, 0.2) is 79.0 Å². The summed E-state index contributed by atoms with van der Waals surface area (Å²) in [6, 6.07) is 24.4. The maximum atomic E-state index is 6.63. The second kappa shape index (κ2) is 10.4. The monoisotopic (exact) mass is 542 g/mol. The summed E-state index contributed by atoms with van der Waals surface area (Å²) in [7, 11) is 0. The lowest BCUT2D eigenvalue weighted by molar-refractivity contribution is 0.210. The zero-order valence-electron chi connectivity index (χ0n) is 21.6. The molecular formula is C31H31ClN4OS. The van der Waals surface area contributed by atoms with Crippen LogP contribution in [0.3, 0.4) is 0 Å². The second-order valence-electron chi connectivity index (χ2n) is 10.1. The first-order chi connectivity index (χ1) is 18.5. The first kappa shape index (κ1) is 25.0. The number of hydrogen-bond donors (Lipinski definition) is 1. The van der Waals surface area contributed by atoms with Crippen molar-refractivity contribution in [3.63, 3.8) is 0 Å². The molecule has 1 aliphatic carbocycles. The van der Waals surface area contributed by atoms with Gasteiger partial charge in [-0.15, -0.1) is 0 Å². The fourth-order valence-electron chi connectivity index (χ4n) is 5.92. The van der Waals surface area contributed by atoms with Crippen LogP contribution >= 0.6 is 23.8 Å². The van der Waals surface area contributed by atoms with Crippen molar-refractivity contribution in [2.24, 2.45) is 0 Å². The fourth-order valence-corrected chi connectivity index (χ4v) is 6.49. The lowest BCUT2D eigenvalue weighted by Gasteiger charge is -2.28. The number of para-hydroxylation sites is 1. The predicted molar refractivity (Wildman–Crippen MR) is 158 cm³/mol. The van der Waals surface area contributed by atoms with E-state index >= 15 is 0 Å². The van der Waals surface area contributed by atoms with Crippen LogP contribution in [0.25, 0.3) is 5.69 Å². The number of pyridine rings is 1. The maximum absolute atomic E-state index is 6.63. The smallest absolute Gasteiger partial charge is 0.174 e. The van der Waals surface area contributed by atoms with Gasteiger partial charge in [-0.2, -0.15) is 0 Å². The van der Waals surface area contributed by atoms with Crippen LogP contribution in [0.5, 0.6) is 5.75 Å². The van der Waals surface area contributed by atoms with Crippen molar-refractivity contribution in [1.29, 1.82) is 0 Å². The zero-order valence-corrected chi connectivity index (χ0v) is 23.2. The summed E-state index contributed by atoms with van der Waals surface area (Å²) < 4.78 is 8.45. The summed E-state index contributed by atoms with van der Waals surface area (Å²) in [5, 5.41) is 4.97. The molecule has 0 radical (unpaired) electrons. The van der Waals surface area contributed by atoms with Gasteiger partial charge < -0.3 is 19.5 Å². The number of hydrogen-bond acceptors (Lipinski definition) is 3. The average molecular weight is 543 g/mol. The van der Waals surface area contributed by atoms with E-state index in [4.69, 9.17) is 33.5 Å². The summed E-state index contributed by atoms with van der Waals surface area (Å²) in [6.07, 6.45) is 6.93. The summed E-state index contributed by atoms with van der Waals surface area (Å²) in [5.74, 6) is 0.911. The molecule has 6 rings (SSSR count). The molecule has 5 nitrogen and oxygen atoms in total. The Labute approximate surface area is 234 Å². The van der Waals surface area contributed by atoms with E-state index in [1.807, 2.05) is 36.5 Å². The molecule has 0 bridgehead atoms. The number of halogens is 1. The van der Waals surface area contributed by atoms with E-state index in [9.17, 15) is 0 Å². The number of anilines is 1. The lowest BCUT2D eigenvalue weighted by Crippen LogP contribution is -2.29. The molecule has 4 aromatic rings. The molecule has 3 heterocycles. The highest BCUT2D eigenvalue weighted by molar-refractivity contribution is 7.80. The standard InChI is InChI=1S/C31H31ClN4OS/c1-20-19-25(21(2)35(20)28-13-6-5-11-26(28)32)30-29(27-12-7-8-18-33-27)34-31(38)36(30)22-14-16-24(17-15-22)37-23-9-3-4-10-23/h5-8,11-19,23,29-30H,3-4,9-10H2,1-2H3,(H,34,38)/t29-,30+/m1/s1. The first-order valence-corrected chi connectivity index (χ1v) is 14.0. The fraction of sp³-hybridized carbons (Fsp3) is 0.290. The topological polar surface area (TPSA) is 42.3 Å². The van der Waals surface area contributed by atoms with Gasteiger partial charge in [-0.25, -0.2) is 0 Å². The molecule has 1 saturated carbocycles.